The fourth-order valence-electron chi connectivity index (χ4n) is 1.58. The second-order valence-corrected chi connectivity index (χ2v) is 4.99. The fraction of sp³-hybridized carbons (Fsp3) is 0.250. The summed E-state index contributed by atoms with van der Waals surface area (Å²) in [6, 6.07) is 1.81. The standard InChI is InChI=1S/C12H13BrN4O/c1-7(2)10-11(14)16-6-17-12(10)18-9-3-8(13)4-15-5-9/h3-7H,1-2H3,(H2,14,16,17). The molecule has 18 heavy (non-hydrogen) atoms. The molecule has 0 aromatic carbocycles. The second kappa shape index (κ2) is 5.30. The number of anilines is 1. The Kier molecular flexibility index (Phi) is 3.76. The molecule has 0 amide bonds. The molecule has 0 unspecified atom stereocenters. The summed E-state index contributed by atoms with van der Waals surface area (Å²) in [6.07, 6.45) is 4.69. The lowest BCUT2D eigenvalue weighted by molar-refractivity contribution is 0.449. The molecular weight excluding hydrogens is 296 g/mol. The molecule has 0 saturated heterocycles. The van der Waals surface area contributed by atoms with Crippen LogP contribution in [-0.4, -0.2) is 15.0 Å². The van der Waals surface area contributed by atoms with Crippen LogP contribution in [0.4, 0.5) is 5.82 Å². The Labute approximate surface area is 114 Å². The predicted octanol–water partition coefficient (Wildman–Crippen LogP) is 3.13. The van der Waals surface area contributed by atoms with Crippen molar-refractivity contribution in [3.63, 3.8) is 0 Å². The predicted molar refractivity (Wildman–Crippen MR) is 72.5 cm³/mol. The van der Waals surface area contributed by atoms with E-state index in [0.717, 1.165) is 10.0 Å². The van der Waals surface area contributed by atoms with Crippen LogP contribution in [0, 0.1) is 0 Å². The van der Waals surface area contributed by atoms with Gasteiger partial charge in [-0.15, -0.1) is 0 Å². The minimum absolute atomic E-state index is 0.182. The van der Waals surface area contributed by atoms with Crippen molar-refractivity contribution in [1.29, 1.82) is 0 Å². The number of hydrogen-bond donors (Lipinski definition) is 1. The van der Waals surface area contributed by atoms with Crippen LogP contribution in [0.25, 0.3) is 0 Å². The lowest BCUT2D eigenvalue weighted by atomic mass is 10.1. The van der Waals surface area contributed by atoms with Gasteiger partial charge in [0.05, 0.1) is 11.8 Å². The molecule has 0 fully saturated rings. The van der Waals surface area contributed by atoms with Crippen molar-refractivity contribution in [3.8, 4) is 11.6 Å². The molecule has 5 nitrogen and oxygen atoms in total. The highest BCUT2D eigenvalue weighted by Crippen LogP contribution is 2.31. The number of nitrogens with zero attached hydrogens (tertiary/aromatic N) is 3. The maximum absolute atomic E-state index is 5.85. The number of rotatable bonds is 3. The fourth-order valence-corrected chi connectivity index (χ4v) is 1.92. The monoisotopic (exact) mass is 308 g/mol. The van der Waals surface area contributed by atoms with E-state index in [2.05, 4.69) is 30.9 Å². The molecule has 0 aliphatic carbocycles. The molecule has 2 rings (SSSR count). The first-order valence-electron chi connectivity index (χ1n) is 5.46. The summed E-state index contributed by atoms with van der Waals surface area (Å²) in [5, 5.41) is 0. The number of nitrogens with two attached hydrogens (primary N) is 1. The average Bonchev–Trinajstić information content (AvgIpc) is 2.28. The maximum Gasteiger partial charge on any atom is 0.227 e. The largest absolute Gasteiger partial charge is 0.437 e. The summed E-state index contributed by atoms with van der Waals surface area (Å²) < 4.78 is 6.55. The van der Waals surface area contributed by atoms with Crippen LogP contribution >= 0.6 is 15.9 Å². The van der Waals surface area contributed by atoms with Crippen LogP contribution in [0.15, 0.2) is 29.3 Å². The normalized spacial score (nSPS) is 10.7. The van der Waals surface area contributed by atoms with Gasteiger partial charge in [-0.2, -0.15) is 0 Å². The summed E-state index contributed by atoms with van der Waals surface area (Å²) in [7, 11) is 0. The van der Waals surface area contributed by atoms with E-state index in [0.29, 0.717) is 17.4 Å². The number of hydrogen-bond acceptors (Lipinski definition) is 5. The van der Waals surface area contributed by atoms with E-state index >= 15 is 0 Å². The minimum Gasteiger partial charge on any atom is -0.437 e. The Morgan fingerprint density at radius 1 is 1.28 bits per heavy atom. The molecule has 0 saturated carbocycles. The summed E-state index contributed by atoms with van der Waals surface area (Å²) in [4.78, 5) is 12.1. The van der Waals surface area contributed by atoms with Crippen LogP contribution in [0.3, 0.4) is 0 Å². The molecule has 0 atom stereocenters. The van der Waals surface area contributed by atoms with Crippen molar-refractivity contribution < 1.29 is 4.74 Å². The maximum atomic E-state index is 5.85. The lowest BCUT2D eigenvalue weighted by Gasteiger charge is -2.13. The molecule has 2 aromatic rings. The van der Waals surface area contributed by atoms with Gasteiger partial charge < -0.3 is 10.5 Å². The quantitative estimate of drug-likeness (QED) is 0.943. The Morgan fingerprint density at radius 2 is 2.06 bits per heavy atom. The zero-order valence-corrected chi connectivity index (χ0v) is 11.7. The molecule has 0 bridgehead atoms. The van der Waals surface area contributed by atoms with Crippen LogP contribution in [0.2, 0.25) is 0 Å². The van der Waals surface area contributed by atoms with E-state index in [4.69, 9.17) is 10.5 Å². The van der Waals surface area contributed by atoms with Crippen molar-refractivity contribution >= 4 is 21.7 Å². The van der Waals surface area contributed by atoms with E-state index in [1.54, 1.807) is 12.4 Å². The summed E-state index contributed by atoms with van der Waals surface area (Å²) in [5.41, 5.74) is 6.65. The number of ether oxygens (including phenoxy) is 1. The molecule has 2 aromatic heterocycles. The third-order valence-electron chi connectivity index (χ3n) is 2.35. The topological polar surface area (TPSA) is 73.9 Å². The molecule has 0 aliphatic rings. The van der Waals surface area contributed by atoms with Gasteiger partial charge in [0.15, 0.2) is 0 Å². The minimum atomic E-state index is 0.182. The summed E-state index contributed by atoms with van der Waals surface area (Å²) in [6.45, 7) is 4.03. The molecular formula is C12H13BrN4O. The first-order valence-corrected chi connectivity index (χ1v) is 6.26. The number of nitrogen functional groups attached to an aromatic ring is 1. The van der Waals surface area contributed by atoms with E-state index in [1.807, 2.05) is 19.9 Å². The highest BCUT2D eigenvalue weighted by Gasteiger charge is 2.15. The Bertz CT molecular complexity index is 560. The molecule has 0 aliphatic heterocycles. The SMILES string of the molecule is CC(C)c1c(N)ncnc1Oc1cncc(Br)c1. The number of halogens is 1. The molecule has 2 N–H and O–H groups in total. The lowest BCUT2D eigenvalue weighted by Crippen LogP contribution is -2.04. The van der Waals surface area contributed by atoms with E-state index in [-0.39, 0.29) is 5.92 Å². The Hall–Kier alpha value is -1.69. The van der Waals surface area contributed by atoms with Crippen LogP contribution < -0.4 is 10.5 Å². The summed E-state index contributed by atoms with van der Waals surface area (Å²) >= 11 is 3.34. The van der Waals surface area contributed by atoms with Gasteiger partial charge in [0.2, 0.25) is 5.88 Å². The number of pyridine rings is 1. The van der Waals surface area contributed by atoms with Gasteiger partial charge in [0.1, 0.15) is 17.9 Å². The first-order chi connectivity index (χ1) is 8.58. The number of aromatic nitrogens is 3. The smallest absolute Gasteiger partial charge is 0.227 e. The van der Waals surface area contributed by atoms with Crippen LogP contribution in [0.5, 0.6) is 11.6 Å². The van der Waals surface area contributed by atoms with Gasteiger partial charge in [-0.3, -0.25) is 4.98 Å². The molecule has 2 heterocycles. The second-order valence-electron chi connectivity index (χ2n) is 4.07. The van der Waals surface area contributed by atoms with Gasteiger partial charge in [-0.1, -0.05) is 13.8 Å². The first kappa shape index (κ1) is 12.8. The molecule has 0 spiro atoms. The van der Waals surface area contributed by atoms with Crippen molar-refractivity contribution in [2.75, 3.05) is 5.73 Å². The van der Waals surface area contributed by atoms with Gasteiger partial charge in [0, 0.05) is 10.7 Å². The van der Waals surface area contributed by atoms with Gasteiger partial charge in [-0.25, -0.2) is 9.97 Å². The Morgan fingerprint density at radius 3 is 2.72 bits per heavy atom. The van der Waals surface area contributed by atoms with Crippen LogP contribution in [-0.2, 0) is 0 Å². The summed E-state index contributed by atoms with van der Waals surface area (Å²) in [5.74, 6) is 1.70. The average molecular weight is 309 g/mol. The van der Waals surface area contributed by atoms with Crippen molar-refractivity contribution in [2.24, 2.45) is 0 Å². The van der Waals surface area contributed by atoms with E-state index < -0.39 is 0 Å². The Balaban J connectivity index is 2.37. The zero-order chi connectivity index (χ0) is 13.1. The van der Waals surface area contributed by atoms with E-state index in [9.17, 15) is 0 Å². The van der Waals surface area contributed by atoms with Gasteiger partial charge in [0.25, 0.3) is 0 Å². The highest BCUT2D eigenvalue weighted by atomic mass is 79.9. The molecule has 94 valence electrons. The van der Waals surface area contributed by atoms with Gasteiger partial charge >= 0.3 is 0 Å². The van der Waals surface area contributed by atoms with E-state index in [1.165, 1.54) is 6.33 Å². The van der Waals surface area contributed by atoms with Crippen LogP contribution in [0.1, 0.15) is 25.3 Å². The van der Waals surface area contributed by atoms with Crippen molar-refractivity contribution in [1.82, 2.24) is 15.0 Å². The molecule has 6 heteroatoms. The van der Waals surface area contributed by atoms with Gasteiger partial charge in [-0.05, 0) is 27.9 Å². The third-order valence-corrected chi connectivity index (χ3v) is 2.78. The molecule has 0 radical (unpaired) electrons. The van der Waals surface area contributed by atoms with Crippen molar-refractivity contribution in [2.45, 2.75) is 19.8 Å². The van der Waals surface area contributed by atoms with Crippen molar-refractivity contribution in [3.05, 3.63) is 34.8 Å². The zero-order valence-electron chi connectivity index (χ0n) is 10.1. The highest BCUT2D eigenvalue weighted by molar-refractivity contribution is 9.10. The third kappa shape index (κ3) is 2.76.